The summed E-state index contributed by atoms with van der Waals surface area (Å²) in [6, 6.07) is 10.3. The Labute approximate surface area is 114 Å². The minimum Gasteiger partial charge on any atom is -0.393 e. The summed E-state index contributed by atoms with van der Waals surface area (Å²) in [5.41, 5.74) is 1.11. The van der Waals surface area contributed by atoms with Crippen LogP contribution in [0.2, 0.25) is 0 Å². The van der Waals surface area contributed by atoms with Crippen LogP contribution in [0.3, 0.4) is 0 Å². The van der Waals surface area contributed by atoms with E-state index in [2.05, 4.69) is 10.6 Å². The Morgan fingerprint density at radius 2 is 1.84 bits per heavy atom. The van der Waals surface area contributed by atoms with Crippen LogP contribution in [0.1, 0.15) is 31.2 Å². The fourth-order valence-corrected chi connectivity index (χ4v) is 2.38. The Bertz CT molecular complexity index is 386. The van der Waals surface area contributed by atoms with Gasteiger partial charge in [0.1, 0.15) is 0 Å². The van der Waals surface area contributed by atoms with Crippen LogP contribution >= 0.6 is 0 Å². The minimum absolute atomic E-state index is 0.0231. The fraction of sp³-hybridized carbons (Fsp3) is 0.533. The van der Waals surface area contributed by atoms with Crippen LogP contribution < -0.4 is 10.6 Å². The van der Waals surface area contributed by atoms with Gasteiger partial charge in [0, 0.05) is 12.6 Å². The average Bonchev–Trinajstić information content (AvgIpc) is 2.45. The second-order valence-corrected chi connectivity index (χ2v) is 5.15. The van der Waals surface area contributed by atoms with E-state index in [1.807, 2.05) is 30.3 Å². The number of benzene rings is 1. The van der Waals surface area contributed by atoms with E-state index in [9.17, 15) is 9.90 Å². The molecule has 3 N–H and O–H groups in total. The Balaban J connectivity index is 1.62. The van der Waals surface area contributed by atoms with Crippen molar-refractivity contribution in [2.24, 2.45) is 0 Å². The molecule has 1 saturated carbocycles. The maximum absolute atomic E-state index is 11.7. The first-order valence-corrected chi connectivity index (χ1v) is 6.96. The summed E-state index contributed by atoms with van der Waals surface area (Å²) in [4.78, 5) is 11.7. The molecular formula is C15H22N2O2. The number of nitrogens with one attached hydrogen (secondary N) is 2. The normalized spacial score (nSPS) is 23.0. The van der Waals surface area contributed by atoms with Gasteiger partial charge >= 0.3 is 0 Å². The van der Waals surface area contributed by atoms with Crippen molar-refractivity contribution < 1.29 is 9.90 Å². The lowest BCUT2D eigenvalue weighted by Gasteiger charge is -2.26. The van der Waals surface area contributed by atoms with Crippen molar-refractivity contribution in [1.82, 2.24) is 10.6 Å². The summed E-state index contributed by atoms with van der Waals surface area (Å²) in [5.74, 6) is 0.0231. The summed E-state index contributed by atoms with van der Waals surface area (Å²) in [6.07, 6.45) is 3.43. The first-order valence-electron chi connectivity index (χ1n) is 6.96. The van der Waals surface area contributed by atoms with Crippen molar-refractivity contribution >= 4 is 5.91 Å². The molecule has 1 aromatic rings. The van der Waals surface area contributed by atoms with E-state index in [1.54, 1.807) is 0 Å². The lowest BCUT2D eigenvalue weighted by atomic mass is 9.93. The molecule has 104 valence electrons. The molecule has 4 nitrogen and oxygen atoms in total. The molecule has 0 bridgehead atoms. The number of aliphatic hydroxyl groups excluding tert-OH is 1. The van der Waals surface area contributed by atoms with Crippen LogP contribution in [-0.4, -0.2) is 29.7 Å². The zero-order valence-corrected chi connectivity index (χ0v) is 11.1. The molecule has 1 aromatic carbocycles. The largest absolute Gasteiger partial charge is 0.393 e. The smallest absolute Gasteiger partial charge is 0.234 e. The molecule has 0 atom stereocenters. The predicted octanol–water partition coefficient (Wildman–Crippen LogP) is 1.20. The van der Waals surface area contributed by atoms with Gasteiger partial charge in [-0.05, 0) is 31.2 Å². The summed E-state index contributed by atoms with van der Waals surface area (Å²) in [5, 5.41) is 15.6. The van der Waals surface area contributed by atoms with Gasteiger partial charge in [0.2, 0.25) is 5.91 Å². The number of carbonyl (C=O) groups is 1. The summed E-state index contributed by atoms with van der Waals surface area (Å²) in [7, 11) is 0. The number of amides is 1. The molecular weight excluding hydrogens is 240 g/mol. The minimum atomic E-state index is -0.148. The van der Waals surface area contributed by atoms with Crippen LogP contribution in [-0.2, 0) is 11.3 Å². The fourth-order valence-electron chi connectivity index (χ4n) is 2.38. The van der Waals surface area contributed by atoms with Gasteiger partial charge in [-0.3, -0.25) is 4.79 Å². The monoisotopic (exact) mass is 262 g/mol. The second kappa shape index (κ2) is 7.26. The van der Waals surface area contributed by atoms with E-state index in [1.165, 1.54) is 0 Å². The van der Waals surface area contributed by atoms with Crippen molar-refractivity contribution in [3.63, 3.8) is 0 Å². The molecule has 0 aromatic heterocycles. The number of aliphatic hydroxyl groups is 1. The summed E-state index contributed by atoms with van der Waals surface area (Å²) >= 11 is 0. The molecule has 0 saturated heterocycles. The number of rotatable bonds is 5. The predicted molar refractivity (Wildman–Crippen MR) is 74.6 cm³/mol. The molecule has 0 radical (unpaired) electrons. The first-order chi connectivity index (χ1) is 9.24. The zero-order valence-electron chi connectivity index (χ0n) is 11.1. The Morgan fingerprint density at radius 3 is 2.53 bits per heavy atom. The van der Waals surface area contributed by atoms with Crippen molar-refractivity contribution in [3.05, 3.63) is 35.9 Å². The third kappa shape index (κ3) is 5.01. The van der Waals surface area contributed by atoms with Gasteiger partial charge in [0.05, 0.1) is 12.6 Å². The molecule has 0 aliphatic heterocycles. The molecule has 0 heterocycles. The third-order valence-corrected chi connectivity index (χ3v) is 3.58. The van der Waals surface area contributed by atoms with Gasteiger partial charge in [-0.25, -0.2) is 0 Å². The molecule has 1 aliphatic rings. The van der Waals surface area contributed by atoms with Crippen LogP contribution in [0, 0.1) is 0 Å². The molecule has 1 fully saturated rings. The topological polar surface area (TPSA) is 61.4 Å². The van der Waals surface area contributed by atoms with E-state index >= 15 is 0 Å². The lowest BCUT2D eigenvalue weighted by Crippen LogP contribution is -2.41. The molecule has 2 rings (SSSR count). The third-order valence-electron chi connectivity index (χ3n) is 3.58. The van der Waals surface area contributed by atoms with E-state index in [4.69, 9.17) is 0 Å². The van der Waals surface area contributed by atoms with Crippen LogP contribution in [0.15, 0.2) is 30.3 Å². The molecule has 1 aliphatic carbocycles. The Kier molecular flexibility index (Phi) is 5.36. The van der Waals surface area contributed by atoms with Crippen LogP contribution in [0.4, 0.5) is 0 Å². The zero-order chi connectivity index (χ0) is 13.5. The molecule has 19 heavy (non-hydrogen) atoms. The van der Waals surface area contributed by atoms with Gasteiger partial charge in [-0.15, -0.1) is 0 Å². The molecule has 0 spiro atoms. The maximum atomic E-state index is 11.7. The van der Waals surface area contributed by atoms with Gasteiger partial charge in [-0.2, -0.15) is 0 Å². The van der Waals surface area contributed by atoms with Gasteiger partial charge < -0.3 is 15.7 Å². The lowest BCUT2D eigenvalue weighted by molar-refractivity contribution is -0.120. The van der Waals surface area contributed by atoms with Gasteiger partial charge in [-0.1, -0.05) is 30.3 Å². The highest BCUT2D eigenvalue weighted by Gasteiger charge is 2.19. The van der Waals surface area contributed by atoms with E-state index in [0.29, 0.717) is 19.1 Å². The Hall–Kier alpha value is -1.39. The SMILES string of the molecule is O=C(CNC1CCC(O)CC1)NCc1ccccc1. The van der Waals surface area contributed by atoms with E-state index in [0.717, 1.165) is 31.2 Å². The highest BCUT2D eigenvalue weighted by atomic mass is 16.3. The average molecular weight is 262 g/mol. The van der Waals surface area contributed by atoms with Crippen LogP contribution in [0.5, 0.6) is 0 Å². The molecule has 0 unspecified atom stereocenters. The van der Waals surface area contributed by atoms with E-state index < -0.39 is 0 Å². The van der Waals surface area contributed by atoms with Crippen LogP contribution in [0.25, 0.3) is 0 Å². The molecule has 4 heteroatoms. The highest BCUT2D eigenvalue weighted by Crippen LogP contribution is 2.17. The second-order valence-electron chi connectivity index (χ2n) is 5.15. The summed E-state index contributed by atoms with van der Waals surface area (Å²) < 4.78 is 0. The number of hydrogen-bond donors (Lipinski definition) is 3. The van der Waals surface area contributed by atoms with Crippen molar-refractivity contribution in [2.45, 2.75) is 44.4 Å². The molecule has 1 amide bonds. The number of carbonyl (C=O) groups excluding carboxylic acids is 1. The van der Waals surface area contributed by atoms with Crippen molar-refractivity contribution in [1.29, 1.82) is 0 Å². The van der Waals surface area contributed by atoms with Crippen molar-refractivity contribution in [3.8, 4) is 0 Å². The van der Waals surface area contributed by atoms with Gasteiger partial charge in [0.25, 0.3) is 0 Å². The Morgan fingerprint density at radius 1 is 1.16 bits per heavy atom. The standard InChI is InChI=1S/C15H22N2O2/c18-14-8-6-13(7-9-14)16-11-15(19)17-10-12-4-2-1-3-5-12/h1-5,13-14,16,18H,6-11H2,(H,17,19). The van der Waals surface area contributed by atoms with Gasteiger partial charge in [0.15, 0.2) is 0 Å². The highest BCUT2D eigenvalue weighted by molar-refractivity contribution is 5.78. The van der Waals surface area contributed by atoms with E-state index in [-0.39, 0.29) is 12.0 Å². The number of hydrogen-bond acceptors (Lipinski definition) is 3. The maximum Gasteiger partial charge on any atom is 0.234 e. The first kappa shape index (κ1) is 14.0. The summed E-state index contributed by atoms with van der Waals surface area (Å²) in [6.45, 7) is 0.929. The quantitative estimate of drug-likeness (QED) is 0.747. The van der Waals surface area contributed by atoms with Crippen molar-refractivity contribution in [2.75, 3.05) is 6.54 Å².